The normalized spacial score (nSPS) is 12.1. The second kappa shape index (κ2) is 11.3. The molecule has 0 aliphatic rings. The van der Waals surface area contributed by atoms with E-state index in [1.165, 1.54) is 0 Å². The summed E-state index contributed by atoms with van der Waals surface area (Å²) in [6, 6.07) is 8.91. The maximum Gasteiger partial charge on any atom is 0.242 e. The van der Waals surface area contributed by atoms with Gasteiger partial charge in [0, 0.05) is 31.5 Å². The van der Waals surface area contributed by atoms with Gasteiger partial charge in [0.25, 0.3) is 0 Å². The van der Waals surface area contributed by atoms with Crippen LogP contribution in [0.4, 0.5) is 0 Å². The summed E-state index contributed by atoms with van der Waals surface area (Å²) >= 11 is 0. The Kier molecular flexibility index (Phi) is 9.50. The van der Waals surface area contributed by atoms with E-state index in [1.807, 2.05) is 51.1 Å². The van der Waals surface area contributed by atoms with Crippen molar-refractivity contribution in [3.8, 4) is 0 Å². The van der Waals surface area contributed by atoms with E-state index >= 15 is 0 Å². The van der Waals surface area contributed by atoms with Crippen molar-refractivity contribution in [3.05, 3.63) is 35.9 Å². The fraction of sp³-hybridized carbons (Fsp3) is 0.550. The highest BCUT2D eigenvalue weighted by molar-refractivity contribution is 5.88. The first-order valence-electron chi connectivity index (χ1n) is 9.33. The highest BCUT2D eigenvalue weighted by Crippen LogP contribution is 2.05. The molecule has 1 aromatic carbocycles. The van der Waals surface area contributed by atoms with Crippen LogP contribution in [-0.2, 0) is 20.8 Å². The quantitative estimate of drug-likeness (QED) is 0.485. The van der Waals surface area contributed by atoms with Crippen LogP contribution in [0.5, 0.6) is 0 Å². The van der Waals surface area contributed by atoms with Crippen molar-refractivity contribution < 1.29 is 14.4 Å². The summed E-state index contributed by atoms with van der Waals surface area (Å²) < 4.78 is 0. The van der Waals surface area contributed by atoms with E-state index in [4.69, 9.17) is 5.73 Å². The highest BCUT2D eigenvalue weighted by Gasteiger charge is 2.22. The fourth-order valence-corrected chi connectivity index (χ4v) is 2.51. The molecule has 0 saturated carbocycles. The van der Waals surface area contributed by atoms with Crippen molar-refractivity contribution in [2.45, 2.75) is 58.0 Å². The van der Waals surface area contributed by atoms with Crippen molar-refractivity contribution >= 4 is 17.7 Å². The molecule has 3 amide bonds. The van der Waals surface area contributed by atoms with Gasteiger partial charge in [-0.2, -0.15) is 0 Å². The molecule has 0 aliphatic carbocycles. The van der Waals surface area contributed by atoms with Crippen LogP contribution in [0.2, 0.25) is 0 Å². The molecule has 1 rings (SSSR count). The lowest BCUT2D eigenvalue weighted by atomic mass is 10.1. The molecule has 0 bridgehead atoms. The molecule has 0 unspecified atom stereocenters. The van der Waals surface area contributed by atoms with Crippen molar-refractivity contribution in [3.63, 3.8) is 0 Å². The lowest BCUT2D eigenvalue weighted by Crippen LogP contribution is -2.48. The van der Waals surface area contributed by atoms with Gasteiger partial charge in [-0.3, -0.25) is 14.4 Å². The number of amides is 3. The lowest BCUT2D eigenvalue weighted by molar-refractivity contribution is -0.129. The SMILES string of the molecule is CC(C)(C)NC(=O)CC[C@H](NC(=O)CCc1ccccc1)C(=O)NCCN. The first kappa shape index (κ1) is 22.6. The van der Waals surface area contributed by atoms with Gasteiger partial charge in [0.15, 0.2) is 0 Å². The molecule has 27 heavy (non-hydrogen) atoms. The number of carbonyl (C=O) groups excluding carboxylic acids is 3. The van der Waals surface area contributed by atoms with E-state index in [9.17, 15) is 14.4 Å². The van der Waals surface area contributed by atoms with Gasteiger partial charge in [0.1, 0.15) is 6.04 Å². The summed E-state index contributed by atoms with van der Waals surface area (Å²) in [5.41, 5.74) is 6.13. The zero-order chi connectivity index (χ0) is 20.3. The third kappa shape index (κ3) is 10.4. The van der Waals surface area contributed by atoms with E-state index < -0.39 is 6.04 Å². The van der Waals surface area contributed by atoms with Crippen LogP contribution in [0.25, 0.3) is 0 Å². The molecule has 0 heterocycles. The van der Waals surface area contributed by atoms with Crippen LogP contribution in [0.3, 0.4) is 0 Å². The van der Waals surface area contributed by atoms with Gasteiger partial charge in [-0.25, -0.2) is 0 Å². The molecule has 7 nitrogen and oxygen atoms in total. The first-order chi connectivity index (χ1) is 12.7. The number of nitrogens with two attached hydrogens (primary N) is 1. The van der Waals surface area contributed by atoms with E-state index in [2.05, 4.69) is 16.0 Å². The second-order valence-corrected chi connectivity index (χ2v) is 7.52. The molecule has 0 aromatic heterocycles. The van der Waals surface area contributed by atoms with Crippen LogP contribution in [0.15, 0.2) is 30.3 Å². The molecule has 0 saturated heterocycles. The third-order valence-electron chi connectivity index (χ3n) is 3.75. The second-order valence-electron chi connectivity index (χ2n) is 7.52. The maximum absolute atomic E-state index is 12.3. The Hall–Kier alpha value is -2.41. The first-order valence-corrected chi connectivity index (χ1v) is 9.33. The van der Waals surface area contributed by atoms with Gasteiger partial charge in [0.05, 0.1) is 0 Å². The van der Waals surface area contributed by atoms with Crippen LogP contribution in [-0.4, -0.2) is 42.4 Å². The minimum Gasteiger partial charge on any atom is -0.353 e. The van der Waals surface area contributed by atoms with Crippen LogP contribution in [0, 0.1) is 0 Å². The Morgan fingerprint density at radius 2 is 1.70 bits per heavy atom. The number of rotatable bonds is 10. The summed E-state index contributed by atoms with van der Waals surface area (Å²) in [5.74, 6) is -0.697. The van der Waals surface area contributed by atoms with Gasteiger partial charge >= 0.3 is 0 Å². The standard InChI is InChI=1S/C20H32N4O3/c1-20(2,3)24-18(26)12-10-16(19(27)22-14-13-21)23-17(25)11-9-15-7-5-4-6-8-15/h4-8,16H,9-14,21H2,1-3H3,(H,22,27)(H,23,25)(H,24,26)/t16-/m0/s1. The Morgan fingerprint density at radius 1 is 1.04 bits per heavy atom. The van der Waals surface area contributed by atoms with Crippen molar-refractivity contribution in [2.75, 3.05) is 13.1 Å². The predicted octanol–water partition coefficient (Wildman–Crippen LogP) is 0.874. The summed E-state index contributed by atoms with van der Waals surface area (Å²) in [6.45, 7) is 6.30. The van der Waals surface area contributed by atoms with E-state index in [1.54, 1.807) is 0 Å². The molecule has 0 radical (unpaired) electrons. The van der Waals surface area contributed by atoms with Gasteiger partial charge in [-0.15, -0.1) is 0 Å². The molecule has 0 spiro atoms. The molecule has 7 heteroatoms. The minimum absolute atomic E-state index is 0.150. The van der Waals surface area contributed by atoms with Crippen LogP contribution < -0.4 is 21.7 Å². The molecule has 0 fully saturated rings. The molecule has 0 aliphatic heterocycles. The Bertz CT molecular complexity index is 611. The fourth-order valence-electron chi connectivity index (χ4n) is 2.51. The molecule has 1 aromatic rings. The molecular formula is C20H32N4O3. The zero-order valence-corrected chi connectivity index (χ0v) is 16.5. The summed E-state index contributed by atoms with van der Waals surface area (Å²) in [4.78, 5) is 36.6. The highest BCUT2D eigenvalue weighted by atomic mass is 16.2. The smallest absolute Gasteiger partial charge is 0.242 e. The van der Waals surface area contributed by atoms with Crippen molar-refractivity contribution in [2.24, 2.45) is 5.73 Å². The Labute approximate surface area is 161 Å². The van der Waals surface area contributed by atoms with E-state index in [0.717, 1.165) is 5.56 Å². The number of benzene rings is 1. The number of hydrogen-bond acceptors (Lipinski definition) is 4. The largest absolute Gasteiger partial charge is 0.353 e. The number of nitrogens with one attached hydrogen (secondary N) is 3. The topological polar surface area (TPSA) is 113 Å². The number of hydrogen-bond donors (Lipinski definition) is 4. The molecule has 150 valence electrons. The number of aryl methyl sites for hydroxylation is 1. The van der Waals surface area contributed by atoms with Gasteiger partial charge in [-0.1, -0.05) is 30.3 Å². The molecule has 5 N–H and O–H groups in total. The Morgan fingerprint density at radius 3 is 2.30 bits per heavy atom. The minimum atomic E-state index is -0.759. The number of carbonyl (C=O) groups is 3. The average Bonchev–Trinajstić information content (AvgIpc) is 2.60. The van der Waals surface area contributed by atoms with Crippen molar-refractivity contribution in [1.29, 1.82) is 0 Å². The molecule has 1 atom stereocenters. The average molecular weight is 377 g/mol. The summed E-state index contributed by atoms with van der Waals surface area (Å²) in [7, 11) is 0. The van der Waals surface area contributed by atoms with E-state index in [-0.39, 0.29) is 42.5 Å². The van der Waals surface area contributed by atoms with Gasteiger partial charge < -0.3 is 21.7 Å². The monoisotopic (exact) mass is 376 g/mol. The maximum atomic E-state index is 12.3. The van der Waals surface area contributed by atoms with Crippen LogP contribution >= 0.6 is 0 Å². The van der Waals surface area contributed by atoms with Crippen molar-refractivity contribution in [1.82, 2.24) is 16.0 Å². The predicted molar refractivity (Wildman–Crippen MR) is 106 cm³/mol. The van der Waals surface area contributed by atoms with Gasteiger partial charge in [-0.05, 0) is 39.2 Å². The lowest BCUT2D eigenvalue weighted by Gasteiger charge is -2.22. The van der Waals surface area contributed by atoms with Crippen LogP contribution in [0.1, 0.15) is 45.6 Å². The van der Waals surface area contributed by atoms with Gasteiger partial charge in [0.2, 0.25) is 17.7 Å². The summed E-state index contributed by atoms with van der Waals surface area (Å²) in [5, 5.41) is 8.27. The van der Waals surface area contributed by atoms with E-state index in [0.29, 0.717) is 19.5 Å². The summed E-state index contributed by atoms with van der Waals surface area (Å²) in [6.07, 6.45) is 1.25. The molecular weight excluding hydrogens is 344 g/mol. The third-order valence-corrected chi connectivity index (χ3v) is 3.75. The Balaban J connectivity index is 2.58. The zero-order valence-electron chi connectivity index (χ0n) is 16.5.